The molecule has 0 aliphatic heterocycles. The number of carbonyl (C=O) groups is 1. The number of aromatic nitrogens is 1. The molecule has 0 atom stereocenters. The summed E-state index contributed by atoms with van der Waals surface area (Å²) in [4.78, 5) is 16.5. The molecule has 4 heteroatoms. The van der Waals surface area contributed by atoms with Gasteiger partial charge in [-0.1, -0.05) is 61.9 Å². The van der Waals surface area contributed by atoms with Crippen molar-refractivity contribution in [2.75, 3.05) is 6.61 Å². The topological polar surface area (TPSA) is 59.4 Å². The quantitative estimate of drug-likeness (QED) is 0.388. The third-order valence-corrected chi connectivity index (χ3v) is 5.15. The van der Waals surface area contributed by atoms with Crippen LogP contribution in [0.3, 0.4) is 0 Å². The van der Waals surface area contributed by atoms with Gasteiger partial charge in [-0.25, -0.2) is 9.78 Å². The highest BCUT2D eigenvalue weighted by Gasteiger charge is 2.13. The summed E-state index contributed by atoms with van der Waals surface area (Å²) in [5.41, 5.74) is 5.66. The van der Waals surface area contributed by atoms with E-state index in [4.69, 9.17) is 9.72 Å². The summed E-state index contributed by atoms with van der Waals surface area (Å²) in [7, 11) is 0. The van der Waals surface area contributed by atoms with E-state index in [0.717, 1.165) is 28.0 Å². The molecular weight excluding hydrogens is 386 g/mol. The SMILES string of the molecule is Cc1ccc2nc(-c3ccc(-c4ccc(OCC(C)C)cc4)cc3)cc(C(=O)O)c2c1. The van der Waals surface area contributed by atoms with Gasteiger partial charge < -0.3 is 9.84 Å². The fraction of sp³-hybridized carbons (Fsp3) is 0.185. The minimum atomic E-state index is -0.948. The Morgan fingerprint density at radius 1 is 0.903 bits per heavy atom. The Balaban J connectivity index is 1.63. The summed E-state index contributed by atoms with van der Waals surface area (Å²) in [6.07, 6.45) is 0. The lowest BCUT2D eigenvalue weighted by molar-refractivity contribution is 0.0699. The third-order valence-electron chi connectivity index (χ3n) is 5.15. The van der Waals surface area contributed by atoms with E-state index in [1.807, 2.05) is 73.7 Å². The van der Waals surface area contributed by atoms with E-state index in [-0.39, 0.29) is 5.56 Å². The molecule has 3 aromatic carbocycles. The first-order chi connectivity index (χ1) is 14.9. The molecule has 0 fully saturated rings. The van der Waals surface area contributed by atoms with Gasteiger partial charge in [0.15, 0.2) is 0 Å². The molecule has 0 aliphatic rings. The first-order valence-corrected chi connectivity index (χ1v) is 10.4. The van der Waals surface area contributed by atoms with Crippen molar-refractivity contribution in [2.45, 2.75) is 20.8 Å². The fourth-order valence-corrected chi connectivity index (χ4v) is 3.50. The van der Waals surface area contributed by atoms with Gasteiger partial charge in [-0.3, -0.25) is 0 Å². The largest absolute Gasteiger partial charge is 0.493 e. The van der Waals surface area contributed by atoms with Gasteiger partial charge in [-0.2, -0.15) is 0 Å². The molecular formula is C27H25NO3. The number of nitrogens with zero attached hydrogens (tertiary/aromatic N) is 1. The van der Waals surface area contributed by atoms with Gasteiger partial charge in [0.05, 0.1) is 23.4 Å². The lowest BCUT2D eigenvalue weighted by atomic mass is 10.00. The average molecular weight is 412 g/mol. The summed E-state index contributed by atoms with van der Waals surface area (Å²) >= 11 is 0. The molecule has 0 radical (unpaired) electrons. The van der Waals surface area contributed by atoms with Crippen LogP contribution in [0.15, 0.2) is 72.8 Å². The molecule has 1 N–H and O–H groups in total. The summed E-state index contributed by atoms with van der Waals surface area (Å²) in [5, 5.41) is 10.4. The van der Waals surface area contributed by atoms with E-state index in [1.165, 1.54) is 0 Å². The van der Waals surface area contributed by atoms with Crippen LogP contribution in [-0.4, -0.2) is 22.7 Å². The number of aromatic carboxylic acids is 1. The molecule has 0 saturated carbocycles. The van der Waals surface area contributed by atoms with Crippen LogP contribution in [0, 0.1) is 12.8 Å². The van der Waals surface area contributed by atoms with Gasteiger partial charge in [0.25, 0.3) is 0 Å². The minimum Gasteiger partial charge on any atom is -0.493 e. The van der Waals surface area contributed by atoms with Crippen LogP contribution in [0.4, 0.5) is 0 Å². The molecule has 1 heterocycles. The van der Waals surface area contributed by atoms with Crippen LogP contribution in [0.2, 0.25) is 0 Å². The normalized spacial score (nSPS) is 11.1. The van der Waals surface area contributed by atoms with Gasteiger partial charge in [-0.15, -0.1) is 0 Å². The van der Waals surface area contributed by atoms with Gasteiger partial charge in [0, 0.05) is 10.9 Å². The Hall–Kier alpha value is -3.66. The Kier molecular flexibility index (Phi) is 5.72. The number of hydrogen-bond donors (Lipinski definition) is 1. The van der Waals surface area contributed by atoms with Crippen molar-refractivity contribution in [3.8, 4) is 28.1 Å². The van der Waals surface area contributed by atoms with Crippen molar-refractivity contribution < 1.29 is 14.6 Å². The van der Waals surface area contributed by atoms with Crippen LogP contribution in [0.1, 0.15) is 29.8 Å². The van der Waals surface area contributed by atoms with Crippen molar-refractivity contribution >= 4 is 16.9 Å². The predicted octanol–water partition coefficient (Wildman–Crippen LogP) is 6.61. The maximum atomic E-state index is 11.8. The lowest BCUT2D eigenvalue weighted by Gasteiger charge is -2.10. The van der Waals surface area contributed by atoms with Gasteiger partial charge in [0.1, 0.15) is 5.75 Å². The zero-order valence-electron chi connectivity index (χ0n) is 17.9. The van der Waals surface area contributed by atoms with Crippen molar-refractivity contribution in [1.29, 1.82) is 0 Å². The average Bonchev–Trinajstić information content (AvgIpc) is 2.77. The molecule has 0 unspecified atom stereocenters. The Morgan fingerprint density at radius 3 is 2.13 bits per heavy atom. The Labute approximate surface area is 182 Å². The second-order valence-corrected chi connectivity index (χ2v) is 8.19. The highest BCUT2D eigenvalue weighted by Crippen LogP contribution is 2.29. The second kappa shape index (κ2) is 8.60. The van der Waals surface area contributed by atoms with Gasteiger partial charge in [0.2, 0.25) is 0 Å². The van der Waals surface area contributed by atoms with Gasteiger partial charge in [-0.05, 0) is 54.3 Å². The standard InChI is InChI=1S/C27H25NO3/c1-17(2)16-31-22-11-9-20(10-12-22)19-5-7-21(8-6-19)26-15-24(27(29)30)23-14-18(3)4-13-25(23)28-26/h4-15,17H,16H2,1-3H3,(H,29,30). The molecule has 0 spiro atoms. The van der Waals surface area contributed by atoms with E-state index in [1.54, 1.807) is 6.07 Å². The molecule has 4 nitrogen and oxygen atoms in total. The van der Waals surface area contributed by atoms with Crippen LogP contribution in [-0.2, 0) is 0 Å². The molecule has 4 aromatic rings. The van der Waals surface area contributed by atoms with Crippen molar-refractivity contribution in [3.63, 3.8) is 0 Å². The highest BCUT2D eigenvalue weighted by molar-refractivity contribution is 6.04. The van der Waals surface area contributed by atoms with Crippen molar-refractivity contribution in [2.24, 2.45) is 5.92 Å². The molecule has 0 bridgehead atoms. The number of ether oxygens (including phenoxy) is 1. The van der Waals surface area contributed by atoms with Crippen LogP contribution in [0.5, 0.6) is 5.75 Å². The van der Waals surface area contributed by atoms with Crippen LogP contribution < -0.4 is 4.74 Å². The van der Waals surface area contributed by atoms with Crippen LogP contribution >= 0.6 is 0 Å². The number of carboxylic acid groups (broad SMARTS) is 1. The molecule has 31 heavy (non-hydrogen) atoms. The Morgan fingerprint density at radius 2 is 1.52 bits per heavy atom. The summed E-state index contributed by atoms with van der Waals surface area (Å²) in [6.45, 7) is 6.90. The zero-order valence-corrected chi connectivity index (χ0v) is 17.9. The Bertz CT molecular complexity index is 1230. The fourth-order valence-electron chi connectivity index (χ4n) is 3.50. The summed E-state index contributed by atoms with van der Waals surface area (Å²) in [6, 6.07) is 23.4. The number of fused-ring (bicyclic) bond motifs is 1. The molecule has 0 aliphatic carbocycles. The second-order valence-electron chi connectivity index (χ2n) is 8.19. The monoisotopic (exact) mass is 411 g/mol. The van der Waals surface area contributed by atoms with E-state index in [0.29, 0.717) is 29.1 Å². The minimum absolute atomic E-state index is 0.268. The first-order valence-electron chi connectivity index (χ1n) is 10.4. The van der Waals surface area contributed by atoms with Gasteiger partial charge >= 0.3 is 5.97 Å². The highest BCUT2D eigenvalue weighted by atomic mass is 16.5. The van der Waals surface area contributed by atoms with Crippen molar-refractivity contribution in [3.05, 3.63) is 83.9 Å². The van der Waals surface area contributed by atoms with E-state index in [9.17, 15) is 9.90 Å². The maximum absolute atomic E-state index is 11.8. The van der Waals surface area contributed by atoms with E-state index in [2.05, 4.69) is 13.8 Å². The molecule has 0 saturated heterocycles. The summed E-state index contributed by atoms with van der Waals surface area (Å²) < 4.78 is 5.75. The predicted molar refractivity (Wildman–Crippen MR) is 125 cm³/mol. The maximum Gasteiger partial charge on any atom is 0.336 e. The molecule has 0 amide bonds. The van der Waals surface area contributed by atoms with Crippen molar-refractivity contribution in [1.82, 2.24) is 4.98 Å². The number of aryl methyl sites for hydroxylation is 1. The molecule has 4 rings (SSSR count). The zero-order chi connectivity index (χ0) is 22.0. The number of hydrogen-bond acceptors (Lipinski definition) is 3. The molecule has 156 valence electrons. The first kappa shape index (κ1) is 20.6. The lowest BCUT2D eigenvalue weighted by Crippen LogP contribution is -2.04. The summed E-state index contributed by atoms with van der Waals surface area (Å²) in [5.74, 6) is 0.406. The van der Waals surface area contributed by atoms with Crippen LogP contribution in [0.25, 0.3) is 33.3 Å². The molecule has 1 aromatic heterocycles. The van der Waals surface area contributed by atoms with E-state index >= 15 is 0 Å². The van der Waals surface area contributed by atoms with E-state index < -0.39 is 5.97 Å². The third kappa shape index (κ3) is 4.58. The number of rotatable bonds is 6. The number of benzene rings is 3. The number of carboxylic acids is 1. The number of pyridine rings is 1. The smallest absolute Gasteiger partial charge is 0.336 e.